The van der Waals surface area contributed by atoms with Gasteiger partial charge in [-0.2, -0.15) is 0 Å². The van der Waals surface area contributed by atoms with Crippen LogP contribution >= 0.6 is 0 Å². The smallest absolute Gasteiger partial charge is 0.323 e. The Morgan fingerprint density at radius 2 is 2.04 bits per heavy atom. The molecule has 126 valence electrons. The van der Waals surface area contributed by atoms with Crippen molar-refractivity contribution in [2.45, 2.75) is 13.0 Å². The molecule has 3 aromatic rings. The second-order valence-corrected chi connectivity index (χ2v) is 6.08. The van der Waals surface area contributed by atoms with Gasteiger partial charge in [0.2, 0.25) is 0 Å². The quantitative estimate of drug-likeness (QED) is 0.798. The Morgan fingerprint density at radius 1 is 1.20 bits per heavy atom. The first-order valence-electron chi connectivity index (χ1n) is 8.31. The van der Waals surface area contributed by atoms with Crippen LogP contribution in [0, 0.1) is 0 Å². The zero-order valence-electron chi connectivity index (χ0n) is 14.0. The second kappa shape index (κ2) is 6.43. The summed E-state index contributed by atoms with van der Waals surface area (Å²) in [7, 11) is 1.64. The lowest BCUT2D eigenvalue weighted by molar-refractivity contribution is 0.246. The summed E-state index contributed by atoms with van der Waals surface area (Å²) in [5.74, 6) is 1.50. The summed E-state index contributed by atoms with van der Waals surface area (Å²) < 4.78 is 5.27. The van der Waals surface area contributed by atoms with Crippen LogP contribution in [0.3, 0.4) is 0 Å². The number of fused-ring (bicyclic) bond motifs is 2. The topological polar surface area (TPSA) is 54.5 Å². The van der Waals surface area contributed by atoms with E-state index in [2.05, 4.69) is 11.4 Å². The summed E-state index contributed by atoms with van der Waals surface area (Å²) in [4.78, 5) is 19.0. The van der Waals surface area contributed by atoms with Crippen LogP contribution in [0.2, 0.25) is 0 Å². The van der Waals surface area contributed by atoms with Crippen molar-refractivity contribution in [1.29, 1.82) is 0 Å². The molecule has 0 radical (unpaired) electrons. The fraction of sp³-hybridized carbons (Fsp3) is 0.200. The lowest BCUT2D eigenvalue weighted by Crippen LogP contribution is -2.38. The van der Waals surface area contributed by atoms with Crippen molar-refractivity contribution < 1.29 is 9.53 Å². The Bertz CT molecular complexity index is 925. The van der Waals surface area contributed by atoms with Crippen molar-refractivity contribution in [3.05, 3.63) is 65.7 Å². The number of anilines is 1. The number of nitrogens with one attached hydrogen (secondary N) is 1. The zero-order chi connectivity index (χ0) is 17.2. The molecule has 0 spiro atoms. The number of carbonyl (C=O) groups excluding carboxylic acids is 1. The Balaban J connectivity index is 1.57. The van der Waals surface area contributed by atoms with Crippen LogP contribution in [0.4, 0.5) is 10.6 Å². The molecule has 0 unspecified atom stereocenters. The highest BCUT2D eigenvalue weighted by molar-refractivity contribution is 5.95. The molecule has 2 amide bonds. The summed E-state index contributed by atoms with van der Waals surface area (Å²) in [6.07, 6.45) is 0.822. The van der Waals surface area contributed by atoms with Crippen molar-refractivity contribution >= 4 is 22.8 Å². The van der Waals surface area contributed by atoms with E-state index in [0.717, 1.165) is 40.0 Å². The monoisotopic (exact) mass is 333 g/mol. The van der Waals surface area contributed by atoms with E-state index in [1.807, 2.05) is 48.5 Å². The highest BCUT2D eigenvalue weighted by Crippen LogP contribution is 2.30. The molecule has 25 heavy (non-hydrogen) atoms. The van der Waals surface area contributed by atoms with Gasteiger partial charge in [0.05, 0.1) is 12.6 Å². The molecule has 0 bridgehead atoms. The molecule has 2 heterocycles. The number of hydrogen-bond donors (Lipinski definition) is 1. The highest BCUT2D eigenvalue weighted by atomic mass is 16.5. The van der Waals surface area contributed by atoms with Gasteiger partial charge in [-0.25, -0.2) is 9.78 Å². The molecule has 0 saturated carbocycles. The molecule has 0 saturated heterocycles. The van der Waals surface area contributed by atoms with Gasteiger partial charge in [0.15, 0.2) is 0 Å². The van der Waals surface area contributed by atoms with Crippen LogP contribution in [-0.4, -0.2) is 24.7 Å². The van der Waals surface area contributed by atoms with Gasteiger partial charge in [0.25, 0.3) is 0 Å². The van der Waals surface area contributed by atoms with Gasteiger partial charge in [-0.3, -0.25) is 4.90 Å². The van der Waals surface area contributed by atoms with Crippen molar-refractivity contribution in [3.63, 3.8) is 0 Å². The number of pyridine rings is 1. The van der Waals surface area contributed by atoms with E-state index in [4.69, 9.17) is 9.72 Å². The van der Waals surface area contributed by atoms with Crippen molar-refractivity contribution in [2.75, 3.05) is 18.6 Å². The third-order valence-corrected chi connectivity index (χ3v) is 4.47. The summed E-state index contributed by atoms with van der Waals surface area (Å²) in [5, 5.41) is 4.04. The standard InChI is InChI=1S/C20H19N3O2/c1-25-17-8-7-15-11-16-9-10-23(19(16)22-18(15)12-17)20(24)21-13-14-5-3-2-4-6-14/h2-8,11-12H,9-10,13H2,1H3,(H,21,24). The number of rotatable bonds is 3. The maximum absolute atomic E-state index is 12.6. The molecule has 4 rings (SSSR count). The van der Waals surface area contributed by atoms with E-state index in [9.17, 15) is 4.79 Å². The van der Waals surface area contributed by atoms with Gasteiger partial charge < -0.3 is 10.1 Å². The van der Waals surface area contributed by atoms with E-state index < -0.39 is 0 Å². The van der Waals surface area contributed by atoms with E-state index in [1.54, 1.807) is 12.0 Å². The Labute approximate surface area is 146 Å². The SMILES string of the molecule is COc1ccc2cc3c(nc2c1)N(C(=O)NCc1ccccc1)CC3. The molecule has 0 aliphatic carbocycles. The summed E-state index contributed by atoms with van der Waals surface area (Å²) in [6.45, 7) is 1.16. The number of aromatic nitrogens is 1. The van der Waals surface area contributed by atoms with Crippen molar-refractivity contribution in [1.82, 2.24) is 10.3 Å². The molecule has 5 heteroatoms. The van der Waals surface area contributed by atoms with E-state index in [0.29, 0.717) is 13.1 Å². The van der Waals surface area contributed by atoms with Gasteiger partial charge in [0.1, 0.15) is 11.6 Å². The summed E-state index contributed by atoms with van der Waals surface area (Å²) in [6, 6.07) is 17.7. The van der Waals surface area contributed by atoms with Crippen molar-refractivity contribution in [3.8, 4) is 5.75 Å². The van der Waals surface area contributed by atoms with Crippen molar-refractivity contribution in [2.24, 2.45) is 0 Å². The lowest BCUT2D eigenvalue weighted by Gasteiger charge is -2.17. The minimum absolute atomic E-state index is 0.114. The Morgan fingerprint density at radius 3 is 2.84 bits per heavy atom. The minimum Gasteiger partial charge on any atom is -0.497 e. The fourth-order valence-corrected chi connectivity index (χ4v) is 3.13. The lowest BCUT2D eigenvalue weighted by atomic mass is 10.1. The molecule has 5 nitrogen and oxygen atoms in total. The third kappa shape index (κ3) is 3.01. The van der Waals surface area contributed by atoms with Crippen LogP contribution in [0.15, 0.2) is 54.6 Å². The molecule has 0 atom stereocenters. The first-order chi connectivity index (χ1) is 12.2. The normalized spacial score (nSPS) is 12.9. The van der Waals surface area contributed by atoms with Crippen LogP contribution in [0.1, 0.15) is 11.1 Å². The average molecular weight is 333 g/mol. The molecule has 1 aliphatic rings. The fourth-order valence-electron chi connectivity index (χ4n) is 3.13. The average Bonchev–Trinajstić information content (AvgIpc) is 3.07. The van der Waals surface area contributed by atoms with Crippen LogP contribution < -0.4 is 15.0 Å². The molecule has 1 aromatic heterocycles. The number of carbonyl (C=O) groups is 1. The van der Waals surface area contributed by atoms with Crippen LogP contribution in [0.5, 0.6) is 5.75 Å². The van der Waals surface area contributed by atoms with E-state index in [-0.39, 0.29) is 6.03 Å². The number of amides is 2. The molecular weight excluding hydrogens is 314 g/mol. The van der Waals surface area contributed by atoms with Crippen LogP contribution in [-0.2, 0) is 13.0 Å². The summed E-state index contributed by atoms with van der Waals surface area (Å²) >= 11 is 0. The van der Waals surface area contributed by atoms with E-state index >= 15 is 0 Å². The first kappa shape index (κ1) is 15.4. The number of ether oxygens (including phenoxy) is 1. The van der Waals surface area contributed by atoms with Gasteiger partial charge in [-0.1, -0.05) is 30.3 Å². The second-order valence-electron chi connectivity index (χ2n) is 6.08. The largest absolute Gasteiger partial charge is 0.497 e. The Kier molecular flexibility index (Phi) is 3.98. The molecule has 0 fully saturated rings. The molecule has 1 N–H and O–H groups in total. The maximum atomic E-state index is 12.6. The minimum atomic E-state index is -0.114. The highest BCUT2D eigenvalue weighted by Gasteiger charge is 2.26. The summed E-state index contributed by atoms with van der Waals surface area (Å²) in [5.41, 5.74) is 3.01. The maximum Gasteiger partial charge on any atom is 0.323 e. The zero-order valence-corrected chi connectivity index (χ0v) is 14.0. The number of hydrogen-bond acceptors (Lipinski definition) is 3. The number of benzene rings is 2. The number of nitrogens with zero attached hydrogens (tertiary/aromatic N) is 2. The predicted molar refractivity (Wildman–Crippen MR) is 98.0 cm³/mol. The van der Waals surface area contributed by atoms with Gasteiger partial charge >= 0.3 is 6.03 Å². The first-order valence-corrected chi connectivity index (χ1v) is 8.31. The van der Waals surface area contributed by atoms with Gasteiger partial charge in [-0.05, 0) is 35.7 Å². The van der Waals surface area contributed by atoms with Crippen LogP contribution in [0.25, 0.3) is 10.9 Å². The third-order valence-electron chi connectivity index (χ3n) is 4.47. The number of methoxy groups -OCH3 is 1. The van der Waals surface area contributed by atoms with Gasteiger partial charge in [-0.15, -0.1) is 0 Å². The Hall–Kier alpha value is -3.08. The number of urea groups is 1. The molecular formula is C20H19N3O2. The van der Waals surface area contributed by atoms with E-state index in [1.165, 1.54) is 0 Å². The predicted octanol–water partition coefficient (Wildman–Crippen LogP) is 3.52. The van der Waals surface area contributed by atoms with Gasteiger partial charge in [0, 0.05) is 24.5 Å². The molecule has 2 aromatic carbocycles. The molecule has 1 aliphatic heterocycles.